The Morgan fingerprint density at radius 3 is 1.56 bits per heavy atom. The number of allylic oxidation sites excluding steroid dienone is 16. The van der Waals surface area contributed by atoms with Gasteiger partial charge in [-0.05, 0) is 71.1 Å². The monoisotopic (exact) mass is 1250 g/mol. The maximum absolute atomic E-state index is 12.7. The molecule has 21 nitrogen and oxygen atoms in total. The lowest BCUT2D eigenvalue weighted by atomic mass is 9.88. The van der Waals surface area contributed by atoms with Crippen LogP contribution in [0.5, 0.6) is 0 Å². The average Bonchev–Trinajstić information content (AvgIpc) is 3.54. The molecule has 0 saturated carbocycles. The van der Waals surface area contributed by atoms with E-state index in [-0.39, 0.29) is 75.6 Å². The summed E-state index contributed by atoms with van der Waals surface area (Å²) in [5.41, 5.74) is 10.8. The van der Waals surface area contributed by atoms with Gasteiger partial charge in [0.25, 0.3) is 0 Å². The second-order valence-electron chi connectivity index (χ2n) is 21.1. The summed E-state index contributed by atoms with van der Waals surface area (Å²) in [4.78, 5) is 27.2. The van der Waals surface area contributed by atoms with Gasteiger partial charge in [0, 0.05) is 55.6 Å². The van der Waals surface area contributed by atoms with Gasteiger partial charge in [0.05, 0.1) is 73.2 Å². The number of aliphatic hydroxyl groups excluding tert-OH is 11. The molecule has 0 radical (unpaired) electrons. The van der Waals surface area contributed by atoms with Crippen LogP contribution < -0.4 is 11.5 Å². The summed E-state index contributed by atoms with van der Waals surface area (Å²) >= 11 is 0. The zero-order chi connectivity index (χ0) is 66.2. The predicted octanol–water partition coefficient (Wildman–Crippen LogP) is 5.86. The van der Waals surface area contributed by atoms with Gasteiger partial charge >= 0.3 is 16.4 Å². The molecule has 0 aliphatic heterocycles. The number of hydrogen-bond donors (Lipinski definition) is 15. The van der Waals surface area contributed by atoms with Gasteiger partial charge in [-0.1, -0.05) is 186 Å². The number of hydrogen-bond acceptors (Lipinski definition) is 17. The lowest BCUT2D eigenvalue weighted by molar-refractivity contribution is -0.132. The van der Waals surface area contributed by atoms with Crippen molar-refractivity contribution in [3.05, 3.63) is 171 Å². The number of aliphatic imine (C=N–C) groups is 1. The number of ketones is 1. The van der Waals surface area contributed by atoms with Crippen LogP contribution in [0.1, 0.15) is 118 Å². The van der Waals surface area contributed by atoms with Crippen molar-refractivity contribution >= 4 is 28.1 Å². The maximum Gasteiger partial charge on any atom is 0.397 e. The Bertz CT molecular complexity index is 2420. The first kappa shape index (κ1) is 83.3. The number of rotatable bonds is 47. The third-order valence-electron chi connectivity index (χ3n) is 13.0. The summed E-state index contributed by atoms with van der Waals surface area (Å²) in [5.74, 6) is -2.88. The summed E-state index contributed by atoms with van der Waals surface area (Å²) in [7, 11) is -4.86. The number of nitrogens with zero attached hydrogens (tertiary/aromatic N) is 1. The first-order valence-electron chi connectivity index (χ1n) is 29.2. The highest BCUT2D eigenvalue weighted by molar-refractivity contribution is 7.80. The predicted molar refractivity (Wildman–Crippen MR) is 343 cm³/mol. The average molecular weight is 1250 g/mol. The van der Waals surface area contributed by atoms with E-state index in [4.69, 9.17) is 21.1 Å². The minimum Gasteiger partial charge on any atom is -0.478 e. The third kappa shape index (κ3) is 49.8. The summed E-state index contributed by atoms with van der Waals surface area (Å²) in [5, 5.41) is 121. The number of aliphatic carboxylic acids is 1. The first-order chi connectivity index (χ1) is 41.0. The second kappa shape index (κ2) is 51.1. The van der Waals surface area contributed by atoms with Gasteiger partial charge in [0.2, 0.25) is 0 Å². The van der Waals surface area contributed by atoms with Gasteiger partial charge in [-0.25, -0.2) is 8.98 Å². The molecule has 0 aliphatic rings. The molecule has 0 aliphatic carbocycles. The zero-order valence-corrected chi connectivity index (χ0v) is 51.8. The number of aliphatic hydroxyl groups is 11. The van der Waals surface area contributed by atoms with Crippen LogP contribution in [0.4, 0.5) is 0 Å². The van der Waals surface area contributed by atoms with E-state index < -0.39 is 108 Å². The lowest BCUT2D eigenvalue weighted by Gasteiger charge is -2.25. The minimum absolute atomic E-state index is 0.00317. The molecule has 0 fully saturated rings. The van der Waals surface area contributed by atoms with E-state index in [0.29, 0.717) is 25.0 Å². The molecule has 17 N–H and O–H groups in total. The number of carboxylic acid groups (broad SMARTS) is 1. The Balaban J connectivity index is 0. The van der Waals surface area contributed by atoms with Gasteiger partial charge in [-0.15, -0.1) is 0 Å². The Kier molecular flexibility index (Phi) is 48.9. The first-order valence-corrected chi connectivity index (χ1v) is 30.6. The van der Waals surface area contributed by atoms with Crippen molar-refractivity contribution in [3.63, 3.8) is 0 Å². The minimum atomic E-state index is -4.86. The van der Waals surface area contributed by atoms with Crippen molar-refractivity contribution in [1.82, 2.24) is 0 Å². The van der Waals surface area contributed by atoms with E-state index in [1.165, 1.54) is 49.5 Å². The number of carbonyl (C=O) groups excluding carboxylic acids is 1. The second-order valence-corrected chi connectivity index (χ2v) is 22.2. The van der Waals surface area contributed by atoms with Crippen molar-refractivity contribution in [1.29, 1.82) is 0 Å². The number of unbranched alkanes of at least 4 members (excludes halogenated alkanes) is 1. The fourth-order valence-electron chi connectivity index (χ4n) is 7.97. The summed E-state index contributed by atoms with van der Waals surface area (Å²) < 4.78 is 36.4. The molecule has 87 heavy (non-hydrogen) atoms. The highest BCUT2D eigenvalue weighted by Gasteiger charge is 2.30. The van der Waals surface area contributed by atoms with Crippen LogP contribution in [0.25, 0.3) is 0 Å². The fraction of sp³-hybridized carbons (Fsp3) is 0.523. The van der Waals surface area contributed by atoms with Crippen LogP contribution in [0.2, 0.25) is 0 Å². The van der Waals surface area contributed by atoms with Gasteiger partial charge in [0.15, 0.2) is 5.96 Å². The molecule has 0 rings (SSSR count). The topological polar surface area (TPSA) is 405 Å². The lowest BCUT2D eigenvalue weighted by Crippen LogP contribution is -2.32. The summed E-state index contributed by atoms with van der Waals surface area (Å²) in [6.07, 6.45) is 32.4. The van der Waals surface area contributed by atoms with E-state index in [2.05, 4.69) is 22.3 Å². The number of carboxylic acids is 1. The van der Waals surface area contributed by atoms with E-state index >= 15 is 0 Å². The van der Waals surface area contributed by atoms with Crippen molar-refractivity contribution in [2.75, 3.05) is 6.54 Å². The molecule has 0 heterocycles. The van der Waals surface area contributed by atoms with Crippen molar-refractivity contribution in [3.8, 4) is 0 Å². The van der Waals surface area contributed by atoms with Gasteiger partial charge < -0.3 is 72.7 Å². The Hall–Kier alpha value is -5.80. The Labute approximate surface area is 516 Å². The van der Waals surface area contributed by atoms with E-state index in [1.54, 1.807) is 67.7 Å². The zero-order valence-electron chi connectivity index (χ0n) is 51.0. The number of Topliss-reactive ketones (excluding diaryl/α,β-unsaturated/α-hetero) is 1. The molecular formula is C65H103N3O18S. The smallest absolute Gasteiger partial charge is 0.397 e. The highest BCUT2D eigenvalue weighted by atomic mass is 32.3. The number of guanidine groups is 1. The van der Waals surface area contributed by atoms with Gasteiger partial charge in [0.1, 0.15) is 5.78 Å². The van der Waals surface area contributed by atoms with Crippen LogP contribution in [-0.2, 0) is 24.2 Å². The summed E-state index contributed by atoms with van der Waals surface area (Å²) in [6, 6.07) is 0. The van der Waals surface area contributed by atoms with Crippen LogP contribution in [0.15, 0.2) is 176 Å². The molecule has 0 aromatic rings. The van der Waals surface area contributed by atoms with E-state index in [9.17, 15) is 74.2 Å². The normalized spacial score (nSPS) is 18.4. The standard InChI is InChI=1S/C39H67N3O14S.C26H36O4/c1-3-4-5-6-7-19-38(56-57(53,54)55)27(2)37(52)26-36(51)25-33(48)17-10-16-32(47)24-35(50)23-31(46)15-9-14-29(44)21-28(43)12-8-13-30(45)22-34(49)18-11-20-42-39(40)41;1-5-6-7-8-14-17-20-24(27)23(4)25(28)21(2)18-15-12-10-9-11-13-16-19-22(3)26(29)30/h3-10,12,15,17,27-36,38,43-51H,1,11,13-14,16,18-26H2,2H3,(H4,40,41,42)(H,53,54,55);5-9,11,13-21,23-25,27-28H,1,10,12H2,2-4H3,(H,29,30)/b5-4+,7-6+,12-8+,15-9+,17-10+;7-6+,11-9+,14-8+,16-13+,18-15+,20-17+,22-19+. The molecule has 0 spiro atoms. The molecule has 492 valence electrons. The van der Waals surface area contributed by atoms with Crippen LogP contribution >= 0.6 is 0 Å². The van der Waals surface area contributed by atoms with Crippen molar-refractivity contribution in [2.24, 2.45) is 34.2 Å². The largest absolute Gasteiger partial charge is 0.478 e. The Morgan fingerprint density at radius 2 is 1.02 bits per heavy atom. The van der Waals surface area contributed by atoms with Crippen molar-refractivity contribution < 1.29 is 88.0 Å². The van der Waals surface area contributed by atoms with E-state index in [1.807, 2.05) is 62.5 Å². The molecule has 0 aromatic heterocycles. The fourth-order valence-corrected chi connectivity index (χ4v) is 8.53. The van der Waals surface area contributed by atoms with Crippen molar-refractivity contribution in [2.45, 2.75) is 191 Å². The van der Waals surface area contributed by atoms with Crippen LogP contribution in [-0.4, -0.2) is 172 Å². The SMILES string of the molecule is C=C/C=C/C=C/C=C/C(O)C(C)C(O)C(C)/C=C/CC/C=C/C=C/C=C(\C)C(=O)O.C=C/C=C/C=C/CC(OS(=O)(=O)O)C(C)C(=O)CC(O)CC(O)/C=C/CC(O)CC(O)CC(O)/C=C/CC(O)CC(O)/C=C/CC(O)CC(O)CCCN=C(N)N. The Morgan fingerprint density at radius 1 is 0.552 bits per heavy atom. The van der Waals surface area contributed by atoms with Gasteiger partial charge in [-0.3, -0.25) is 14.3 Å². The molecule has 15 atom stereocenters. The van der Waals surface area contributed by atoms with Crippen LogP contribution in [0.3, 0.4) is 0 Å². The van der Waals surface area contributed by atoms with Crippen LogP contribution in [0, 0.1) is 17.8 Å². The molecule has 0 aromatic carbocycles. The molecular weight excluding hydrogens is 1140 g/mol. The quantitative estimate of drug-likeness (QED) is 0.00645. The molecule has 15 unspecified atom stereocenters. The maximum atomic E-state index is 12.7. The molecule has 0 saturated heterocycles. The molecule has 22 heteroatoms. The third-order valence-corrected chi connectivity index (χ3v) is 13.5. The number of carbonyl (C=O) groups is 2. The van der Waals surface area contributed by atoms with Gasteiger partial charge in [-0.2, -0.15) is 8.42 Å². The summed E-state index contributed by atoms with van der Waals surface area (Å²) in [6.45, 7) is 14.2. The number of nitrogens with two attached hydrogens (primary N) is 2. The molecule has 0 bridgehead atoms. The van der Waals surface area contributed by atoms with E-state index in [0.717, 1.165) is 12.8 Å². The highest BCUT2D eigenvalue weighted by Crippen LogP contribution is 2.21. The molecule has 0 amide bonds.